The maximum absolute atomic E-state index is 14.4. The fraction of sp³-hybridized carbons (Fsp3) is 0.273. The Kier molecular flexibility index (Phi) is 5.92. The van der Waals surface area contributed by atoms with E-state index >= 15 is 0 Å². The molecule has 1 N–H and O–H groups in total. The summed E-state index contributed by atoms with van der Waals surface area (Å²) in [4.78, 5) is 29.8. The van der Waals surface area contributed by atoms with Crippen molar-refractivity contribution in [3.8, 4) is 17.1 Å². The van der Waals surface area contributed by atoms with Crippen molar-refractivity contribution in [1.82, 2.24) is 10.1 Å². The Morgan fingerprint density at radius 3 is 2.74 bits per heavy atom. The highest BCUT2D eigenvalue weighted by atomic mass is 19.1. The number of nitrogens with zero attached hydrogens (tertiary/aromatic N) is 3. The first-order valence-corrected chi connectivity index (χ1v) is 9.90. The van der Waals surface area contributed by atoms with Gasteiger partial charge in [0.2, 0.25) is 23.5 Å². The number of hydrogen-bond donors (Lipinski definition) is 1. The molecule has 8 nitrogen and oxygen atoms in total. The standard InChI is InChI=1S/C22H21FN4O4/c1-30-16-7-4-14(5-8-16)22-25-20(31-26-22)11-10-19(28)24-15-6-9-18(17(23)13-15)27-12-2-3-21(27)29/h4-9,13H,2-3,10-12H2,1H3,(H,24,28). The minimum absolute atomic E-state index is 0.0933. The van der Waals surface area contributed by atoms with E-state index in [2.05, 4.69) is 15.5 Å². The molecule has 0 spiro atoms. The van der Waals surface area contributed by atoms with Gasteiger partial charge in [0.1, 0.15) is 11.6 Å². The van der Waals surface area contributed by atoms with Crippen LogP contribution in [0.15, 0.2) is 47.0 Å². The van der Waals surface area contributed by atoms with Crippen molar-refractivity contribution in [2.75, 3.05) is 23.9 Å². The SMILES string of the molecule is COc1ccc(-c2noc(CCC(=O)Nc3ccc(N4CCCC4=O)c(F)c3)n2)cc1. The van der Waals surface area contributed by atoms with Gasteiger partial charge in [-0.2, -0.15) is 4.98 Å². The van der Waals surface area contributed by atoms with Gasteiger partial charge in [0.15, 0.2) is 0 Å². The first kappa shape index (κ1) is 20.5. The van der Waals surface area contributed by atoms with Gasteiger partial charge in [0, 0.05) is 37.1 Å². The van der Waals surface area contributed by atoms with E-state index in [1.807, 2.05) is 12.1 Å². The monoisotopic (exact) mass is 424 g/mol. The maximum atomic E-state index is 14.4. The molecule has 3 aromatic rings. The molecule has 9 heteroatoms. The number of benzene rings is 2. The minimum Gasteiger partial charge on any atom is -0.497 e. The van der Waals surface area contributed by atoms with E-state index in [0.29, 0.717) is 36.8 Å². The molecule has 0 bridgehead atoms. The van der Waals surface area contributed by atoms with Crippen LogP contribution in [0.1, 0.15) is 25.2 Å². The normalized spacial score (nSPS) is 13.5. The van der Waals surface area contributed by atoms with E-state index in [9.17, 15) is 14.0 Å². The molecule has 0 atom stereocenters. The van der Waals surface area contributed by atoms with Crippen LogP contribution in [0.5, 0.6) is 5.75 Å². The van der Waals surface area contributed by atoms with Crippen LogP contribution >= 0.6 is 0 Å². The van der Waals surface area contributed by atoms with Crippen LogP contribution in [0.3, 0.4) is 0 Å². The topological polar surface area (TPSA) is 97.6 Å². The van der Waals surface area contributed by atoms with Crippen molar-refractivity contribution in [3.63, 3.8) is 0 Å². The lowest BCUT2D eigenvalue weighted by atomic mass is 10.2. The Balaban J connectivity index is 1.33. The molecule has 0 saturated carbocycles. The van der Waals surface area contributed by atoms with Gasteiger partial charge in [-0.05, 0) is 48.9 Å². The highest BCUT2D eigenvalue weighted by Crippen LogP contribution is 2.27. The number of anilines is 2. The lowest BCUT2D eigenvalue weighted by molar-refractivity contribution is -0.117. The van der Waals surface area contributed by atoms with E-state index in [1.54, 1.807) is 25.3 Å². The van der Waals surface area contributed by atoms with Crippen LogP contribution in [0.25, 0.3) is 11.4 Å². The van der Waals surface area contributed by atoms with Crippen molar-refractivity contribution >= 4 is 23.2 Å². The second kappa shape index (κ2) is 8.95. The van der Waals surface area contributed by atoms with E-state index in [1.165, 1.54) is 17.0 Å². The number of aromatic nitrogens is 2. The van der Waals surface area contributed by atoms with Gasteiger partial charge in [0.25, 0.3) is 0 Å². The number of rotatable bonds is 7. The lowest BCUT2D eigenvalue weighted by Crippen LogP contribution is -2.24. The van der Waals surface area contributed by atoms with Crippen molar-refractivity contribution in [1.29, 1.82) is 0 Å². The number of ether oxygens (including phenoxy) is 1. The molecular formula is C22H21FN4O4. The average Bonchev–Trinajstić information content (AvgIpc) is 3.42. The number of carbonyl (C=O) groups excluding carboxylic acids is 2. The first-order valence-electron chi connectivity index (χ1n) is 9.90. The molecule has 2 heterocycles. The number of halogens is 1. The summed E-state index contributed by atoms with van der Waals surface area (Å²) in [7, 11) is 1.59. The summed E-state index contributed by atoms with van der Waals surface area (Å²) in [5.41, 5.74) is 1.33. The van der Waals surface area contributed by atoms with Crippen LogP contribution in [-0.2, 0) is 16.0 Å². The molecule has 1 aromatic heterocycles. The molecule has 0 unspecified atom stereocenters. The van der Waals surface area contributed by atoms with E-state index in [-0.39, 0.29) is 30.3 Å². The fourth-order valence-electron chi connectivity index (χ4n) is 3.36. The van der Waals surface area contributed by atoms with Crippen molar-refractivity contribution in [2.45, 2.75) is 25.7 Å². The third-order valence-corrected chi connectivity index (χ3v) is 4.98. The number of amides is 2. The molecule has 1 aliphatic rings. The summed E-state index contributed by atoms with van der Waals surface area (Å²) in [6.45, 7) is 0.504. The molecule has 2 aromatic carbocycles. The molecule has 0 radical (unpaired) electrons. The Bertz CT molecular complexity index is 1100. The molecular weight excluding hydrogens is 403 g/mol. The second-order valence-electron chi connectivity index (χ2n) is 7.10. The summed E-state index contributed by atoms with van der Waals surface area (Å²) in [5, 5.41) is 6.58. The third-order valence-electron chi connectivity index (χ3n) is 4.98. The van der Waals surface area contributed by atoms with Crippen LogP contribution in [0.2, 0.25) is 0 Å². The summed E-state index contributed by atoms with van der Waals surface area (Å²) in [6.07, 6.45) is 1.48. The van der Waals surface area contributed by atoms with Crippen molar-refractivity contribution in [3.05, 3.63) is 54.2 Å². The van der Waals surface area contributed by atoms with Gasteiger partial charge >= 0.3 is 0 Å². The second-order valence-corrected chi connectivity index (χ2v) is 7.10. The van der Waals surface area contributed by atoms with Crippen LogP contribution in [0, 0.1) is 5.82 Å². The molecule has 1 fully saturated rings. The molecule has 1 aliphatic heterocycles. The third kappa shape index (κ3) is 4.71. The summed E-state index contributed by atoms with van der Waals surface area (Å²) in [5.74, 6) is 0.523. The van der Waals surface area contributed by atoms with Gasteiger partial charge < -0.3 is 19.5 Å². The predicted molar refractivity (Wildman–Crippen MR) is 111 cm³/mol. The molecule has 4 rings (SSSR count). The zero-order valence-corrected chi connectivity index (χ0v) is 16.9. The number of aryl methyl sites for hydroxylation is 1. The van der Waals surface area contributed by atoms with Crippen molar-refractivity contribution in [2.24, 2.45) is 0 Å². The van der Waals surface area contributed by atoms with Crippen LogP contribution in [-0.4, -0.2) is 35.6 Å². The fourth-order valence-corrected chi connectivity index (χ4v) is 3.36. The molecule has 0 aliphatic carbocycles. The largest absolute Gasteiger partial charge is 0.497 e. The molecule has 1 saturated heterocycles. The highest BCUT2D eigenvalue weighted by molar-refractivity contribution is 5.96. The van der Waals surface area contributed by atoms with Gasteiger partial charge in [-0.25, -0.2) is 4.39 Å². The minimum atomic E-state index is -0.547. The van der Waals surface area contributed by atoms with E-state index < -0.39 is 5.82 Å². The number of carbonyl (C=O) groups is 2. The summed E-state index contributed by atoms with van der Waals surface area (Å²) in [6, 6.07) is 11.5. The van der Waals surface area contributed by atoms with Crippen molar-refractivity contribution < 1.29 is 23.2 Å². The number of nitrogens with one attached hydrogen (secondary N) is 1. The van der Waals surface area contributed by atoms with E-state index in [4.69, 9.17) is 9.26 Å². The Morgan fingerprint density at radius 2 is 2.06 bits per heavy atom. The zero-order valence-electron chi connectivity index (χ0n) is 16.9. The maximum Gasteiger partial charge on any atom is 0.227 e. The van der Waals surface area contributed by atoms with Crippen LogP contribution < -0.4 is 15.0 Å². The summed E-state index contributed by atoms with van der Waals surface area (Å²) < 4.78 is 24.7. The predicted octanol–water partition coefficient (Wildman–Crippen LogP) is 3.58. The molecule has 160 valence electrons. The zero-order chi connectivity index (χ0) is 21.8. The van der Waals surface area contributed by atoms with Crippen LogP contribution in [0.4, 0.5) is 15.8 Å². The quantitative estimate of drug-likeness (QED) is 0.623. The Labute approximate surface area is 178 Å². The number of hydrogen-bond acceptors (Lipinski definition) is 6. The Morgan fingerprint density at radius 1 is 1.26 bits per heavy atom. The lowest BCUT2D eigenvalue weighted by Gasteiger charge is -2.17. The first-order chi connectivity index (χ1) is 15.0. The molecule has 31 heavy (non-hydrogen) atoms. The smallest absolute Gasteiger partial charge is 0.227 e. The highest BCUT2D eigenvalue weighted by Gasteiger charge is 2.24. The van der Waals surface area contributed by atoms with Gasteiger partial charge in [-0.15, -0.1) is 0 Å². The van der Waals surface area contributed by atoms with Gasteiger partial charge in [-0.3, -0.25) is 9.59 Å². The molecule has 2 amide bonds. The summed E-state index contributed by atoms with van der Waals surface area (Å²) >= 11 is 0. The average molecular weight is 424 g/mol. The van der Waals surface area contributed by atoms with E-state index in [0.717, 1.165) is 11.3 Å². The van der Waals surface area contributed by atoms with Gasteiger partial charge in [0.05, 0.1) is 12.8 Å². The number of methoxy groups -OCH3 is 1. The Hall–Kier alpha value is -3.75. The van der Waals surface area contributed by atoms with Gasteiger partial charge in [-0.1, -0.05) is 5.16 Å².